The van der Waals surface area contributed by atoms with Gasteiger partial charge in [-0.1, -0.05) is 0 Å². The van der Waals surface area contributed by atoms with Crippen molar-refractivity contribution < 1.29 is 29.5 Å². The molecule has 2 nitrogen and oxygen atoms in total. The number of hydrogen-bond donors (Lipinski definition) is 0. The number of hydrogen-bond acceptors (Lipinski definition) is 0. The maximum atomic E-state index is 0. The molecule has 0 aromatic carbocycles. The van der Waals surface area contributed by atoms with Crippen molar-refractivity contribution in [3.63, 3.8) is 0 Å². The summed E-state index contributed by atoms with van der Waals surface area (Å²) in [6.45, 7) is 0. The van der Waals surface area contributed by atoms with Crippen LogP contribution >= 0.6 is 9.90 Å². The fourth-order valence-electron chi connectivity index (χ4n) is 0. The molecule has 4 heavy (non-hydrogen) atoms. The molecule has 24 valence electrons. The first kappa shape index (κ1) is 87.5. The van der Waals surface area contributed by atoms with Crippen molar-refractivity contribution in [2.75, 3.05) is 0 Å². The Balaban J connectivity index is 0. The van der Waals surface area contributed by atoms with Crippen LogP contribution in [0.3, 0.4) is 0 Å². The Morgan fingerprint density at radius 3 is 1.00 bits per heavy atom. The van der Waals surface area contributed by atoms with Gasteiger partial charge in [-0.15, -0.1) is 0 Å². The van der Waals surface area contributed by atoms with Gasteiger partial charge in [-0.25, -0.2) is 0 Å². The molecule has 0 heterocycles. The van der Waals surface area contributed by atoms with E-state index in [4.69, 9.17) is 0 Å². The topological polar surface area (TPSA) is 60.0 Å². The molecule has 0 spiro atoms. The fraction of sp³-hybridized carbons (Fsp3) is 0. The van der Waals surface area contributed by atoms with Gasteiger partial charge in [0.2, 0.25) is 0 Å². The largest absolute Gasteiger partial charge is 0.412 e. The van der Waals surface area contributed by atoms with E-state index >= 15 is 0 Å². The van der Waals surface area contributed by atoms with Crippen LogP contribution in [-0.2, 0) is 24.0 Å². The summed E-state index contributed by atoms with van der Waals surface area (Å²) in [6, 6.07) is 0. The minimum absolute atomic E-state index is 0. The predicted molar refractivity (Wildman–Crippen MR) is 11.2 cm³/mol. The van der Waals surface area contributed by atoms with Gasteiger partial charge in [0.05, 0.1) is 0 Å². The van der Waals surface area contributed by atoms with Crippen LogP contribution in [0.1, 0.15) is 0 Å². The zero-order chi connectivity index (χ0) is 0. The average Bonchev–Trinajstić information content (AvgIpc) is 0. The molecule has 0 rings (SSSR count). The first-order chi connectivity index (χ1) is 0. The molecular weight excluding hydrogens is 114 g/mol. The van der Waals surface area contributed by atoms with Crippen LogP contribution in [-0.4, -0.2) is 5.48 Å². The summed E-state index contributed by atoms with van der Waals surface area (Å²) in [7, 11) is 0. The Morgan fingerprint density at radius 2 is 1.00 bits per heavy atom. The minimum Gasteiger partial charge on any atom is -0.412 e. The Kier molecular flexibility index (Phi) is 849. The Morgan fingerprint density at radius 1 is 1.00 bits per heavy atom. The van der Waals surface area contributed by atoms with Crippen LogP contribution in [0, 0.1) is 0 Å². The Hall–Kier alpha value is 0.934. The van der Waals surface area contributed by atoms with Crippen LogP contribution < -0.4 is 0 Å². The zero-order valence-electron chi connectivity index (χ0n) is 1.80. The summed E-state index contributed by atoms with van der Waals surface area (Å²) in [5.74, 6) is 0. The maximum absolute atomic E-state index is 0. The minimum atomic E-state index is 0. The molecule has 0 aliphatic heterocycles. The van der Waals surface area contributed by atoms with Gasteiger partial charge in [-0.2, -0.15) is 0 Å². The first-order valence-corrected chi connectivity index (χ1v) is 0. The van der Waals surface area contributed by atoms with E-state index < -0.39 is 0 Å². The summed E-state index contributed by atoms with van der Waals surface area (Å²) >= 11 is 0. The van der Waals surface area contributed by atoms with Gasteiger partial charge in [0.1, 0.15) is 0 Å². The van der Waals surface area contributed by atoms with Gasteiger partial charge < -0.3 is 5.48 Å². The third-order valence-corrected chi connectivity index (χ3v) is 0. The van der Waals surface area contributed by atoms with Gasteiger partial charge in [0.15, 0.2) is 0 Å². The maximum Gasteiger partial charge on any atom is 0 e. The molecule has 0 aromatic rings. The smallest absolute Gasteiger partial charge is 0 e. The summed E-state index contributed by atoms with van der Waals surface area (Å²) in [5, 5.41) is 0. The summed E-state index contributed by atoms with van der Waals surface area (Å²) in [4.78, 5) is 0. The van der Waals surface area contributed by atoms with Gasteiger partial charge in [0, 0.05) is 33.9 Å². The summed E-state index contributed by atoms with van der Waals surface area (Å²) in [5.41, 5.74) is 0. The molecule has 0 fully saturated rings. The fourth-order valence-corrected chi connectivity index (χ4v) is 0. The van der Waals surface area contributed by atoms with E-state index in [2.05, 4.69) is 0 Å². The van der Waals surface area contributed by atoms with E-state index in [0.717, 1.165) is 0 Å². The SMILES string of the molecule is O.[O].[P].[V]. The van der Waals surface area contributed by atoms with Crippen LogP contribution in [0.2, 0.25) is 0 Å². The van der Waals surface area contributed by atoms with E-state index in [1.54, 1.807) is 0 Å². The molecular formula is H2O2PV. The van der Waals surface area contributed by atoms with Gasteiger partial charge in [-0.05, 0) is 0 Å². The first-order valence-electron chi connectivity index (χ1n) is 0. The van der Waals surface area contributed by atoms with Crippen molar-refractivity contribution >= 4 is 9.90 Å². The normalized spacial score (nSPS) is 0. The van der Waals surface area contributed by atoms with Crippen molar-refractivity contribution in [2.24, 2.45) is 0 Å². The quantitative estimate of drug-likeness (QED) is 0.397. The van der Waals surface area contributed by atoms with Gasteiger partial charge in [-0.3, -0.25) is 0 Å². The molecule has 0 saturated carbocycles. The van der Waals surface area contributed by atoms with E-state index in [-0.39, 0.29) is 39.4 Å². The van der Waals surface area contributed by atoms with Crippen LogP contribution in [0.15, 0.2) is 0 Å². The predicted octanol–water partition coefficient (Wildman–Crippen LogP) is -0.0848. The van der Waals surface area contributed by atoms with E-state index in [9.17, 15) is 0 Å². The Labute approximate surface area is 40.1 Å². The molecule has 0 amide bonds. The van der Waals surface area contributed by atoms with Crippen LogP contribution in [0.25, 0.3) is 0 Å². The molecule has 0 aromatic heterocycles. The van der Waals surface area contributed by atoms with Crippen molar-refractivity contribution in [1.29, 1.82) is 0 Å². The zero-order valence-corrected chi connectivity index (χ0v) is 4.09. The van der Waals surface area contributed by atoms with Gasteiger partial charge in [0.25, 0.3) is 0 Å². The Bertz CT molecular complexity index is 6.00. The standard InChI is InChI=1S/H2O.O.P.V/h1H2;;;. The molecule has 0 aliphatic carbocycles. The van der Waals surface area contributed by atoms with Crippen molar-refractivity contribution in [1.82, 2.24) is 0 Å². The molecule has 0 unspecified atom stereocenters. The third kappa shape index (κ3) is 12.6. The third-order valence-electron chi connectivity index (χ3n) is 0. The molecule has 0 saturated heterocycles. The molecule has 0 aliphatic rings. The molecule has 4 heteroatoms. The second kappa shape index (κ2) is 38.8. The molecule has 2 N–H and O–H groups in total. The second-order valence-electron chi connectivity index (χ2n) is 0. The van der Waals surface area contributed by atoms with E-state index in [1.165, 1.54) is 0 Å². The van der Waals surface area contributed by atoms with Gasteiger partial charge >= 0.3 is 0 Å². The summed E-state index contributed by atoms with van der Waals surface area (Å²) < 4.78 is 0. The van der Waals surface area contributed by atoms with Crippen LogP contribution in [0.4, 0.5) is 0 Å². The molecule has 6 radical (unpaired) electrons. The monoisotopic (exact) mass is 116 g/mol. The average molecular weight is 116 g/mol. The van der Waals surface area contributed by atoms with Crippen molar-refractivity contribution in [3.05, 3.63) is 0 Å². The van der Waals surface area contributed by atoms with Crippen LogP contribution in [0.5, 0.6) is 0 Å². The van der Waals surface area contributed by atoms with E-state index in [0.29, 0.717) is 0 Å². The van der Waals surface area contributed by atoms with Crippen molar-refractivity contribution in [2.45, 2.75) is 0 Å². The second-order valence-corrected chi connectivity index (χ2v) is 0. The van der Waals surface area contributed by atoms with Crippen molar-refractivity contribution in [3.8, 4) is 0 Å². The molecule has 0 atom stereocenters. The number of rotatable bonds is 0. The summed E-state index contributed by atoms with van der Waals surface area (Å²) in [6.07, 6.45) is 0. The van der Waals surface area contributed by atoms with E-state index in [1.807, 2.05) is 0 Å². The molecule has 0 bridgehead atoms.